The van der Waals surface area contributed by atoms with E-state index in [2.05, 4.69) is 0 Å². The summed E-state index contributed by atoms with van der Waals surface area (Å²) in [7, 11) is 0. The van der Waals surface area contributed by atoms with Crippen LogP contribution in [0, 0.1) is 0 Å². The number of hydrogen-bond acceptors (Lipinski definition) is 2. The van der Waals surface area contributed by atoms with Gasteiger partial charge in [-0.1, -0.05) is 36.4 Å². The molecule has 1 fully saturated rings. The molecule has 0 bridgehead atoms. The first-order valence-corrected chi connectivity index (χ1v) is 9.66. The molecule has 0 aromatic heterocycles. The van der Waals surface area contributed by atoms with Crippen LogP contribution in [-0.2, 0) is 17.1 Å². The monoisotopic (exact) mass is 455 g/mol. The predicted molar refractivity (Wildman–Crippen MR) is 106 cm³/mol. The van der Waals surface area contributed by atoms with E-state index < -0.39 is 29.6 Å². The van der Waals surface area contributed by atoms with Crippen molar-refractivity contribution < 1.29 is 36.2 Å². The Balaban J connectivity index is 1.93. The number of aliphatic hydroxyl groups is 1. The molecule has 32 heavy (non-hydrogen) atoms. The van der Waals surface area contributed by atoms with E-state index in [1.165, 1.54) is 47.4 Å². The van der Waals surface area contributed by atoms with Gasteiger partial charge in [0.05, 0.1) is 17.2 Å². The minimum atomic E-state index is -4.52. The fourth-order valence-corrected chi connectivity index (χ4v) is 3.31. The second kappa shape index (κ2) is 9.20. The van der Waals surface area contributed by atoms with Crippen LogP contribution < -0.4 is 0 Å². The molecule has 2 aromatic rings. The fraction of sp³-hybridized carbons (Fsp3) is 0.261. The lowest BCUT2D eigenvalue weighted by atomic mass is 9.95. The Hall–Kier alpha value is -3.07. The van der Waals surface area contributed by atoms with Gasteiger partial charge in [-0.25, -0.2) is 0 Å². The zero-order chi connectivity index (χ0) is 23.5. The van der Waals surface area contributed by atoms with Gasteiger partial charge in [0.1, 0.15) is 0 Å². The van der Waals surface area contributed by atoms with E-state index in [0.717, 1.165) is 24.3 Å². The number of likely N-dealkylation sites (tertiary alicyclic amines) is 1. The van der Waals surface area contributed by atoms with Crippen LogP contribution in [-0.4, -0.2) is 35.1 Å². The zero-order valence-corrected chi connectivity index (χ0v) is 16.6. The van der Waals surface area contributed by atoms with Crippen LogP contribution in [0.4, 0.5) is 26.3 Å². The molecule has 1 heterocycles. The number of alkyl halides is 6. The summed E-state index contributed by atoms with van der Waals surface area (Å²) < 4.78 is 77.2. The third-order valence-electron chi connectivity index (χ3n) is 5.02. The molecule has 3 rings (SSSR count). The SMILES string of the molecule is O=C(/C=C/C=C(c1ccc(C(F)(F)F)cc1)c1ccc(C(F)(F)F)cc1)N1CCC(O)C1. The Morgan fingerprint density at radius 1 is 0.875 bits per heavy atom. The molecule has 0 radical (unpaired) electrons. The van der Waals surface area contributed by atoms with Crippen LogP contribution in [0.5, 0.6) is 0 Å². The maximum Gasteiger partial charge on any atom is 0.416 e. The first-order chi connectivity index (χ1) is 14.9. The van der Waals surface area contributed by atoms with E-state index in [1.54, 1.807) is 0 Å². The van der Waals surface area contributed by atoms with Crippen molar-refractivity contribution in [3.63, 3.8) is 0 Å². The van der Waals surface area contributed by atoms with E-state index in [4.69, 9.17) is 0 Å². The number of amides is 1. The second-order valence-electron chi connectivity index (χ2n) is 7.32. The van der Waals surface area contributed by atoms with Gasteiger partial charge in [-0.3, -0.25) is 4.79 Å². The van der Waals surface area contributed by atoms with Crippen LogP contribution in [0.3, 0.4) is 0 Å². The maximum atomic E-state index is 12.9. The number of nitrogens with zero attached hydrogens (tertiary/aromatic N) is 1. The Morgan fingerprint density at radius 2 is 1.34 bits per heavy atom. The van der Waals surface area contributed by atoms with E-state index >= 15 is 0 Å². The molecule has 9 heteroatoms. The molecular weight excluding hydrogens is 436 g/mol. The van der Waals surface area contributed by atoms with Crippen molar-refractivity contribution in [1.29, 1.82) is 0 Å². The predicted octanol–water partition coefficient (Wildman–Crippen LogP) is 5.31. The van der Waals surface area contributed by atoms with Gasteiger partial charge in [-0.15, -0.1) is 0 Å². The molecule has 170 valence electrons. The third-order valence-corrected chi connectivity index (χ3v) is 5.02. The zero-order valence-electron chi connectivity index (χ0n) is 16.6. The van der Waals surface area contributed by atoms with Crippen LogP contribution in [0.25, 0.3) is 5.57 Å². The number of benzene rings is 2. The molecule has 0 aliphatic carbocycles. The molecule has 1 saturated heterocycles. The summed E-state index contributed by atoms with van der Waals surface area (Å²) in [5, 5.41) is 9.53. The molecule has 3 nitrogen and oxygen atoms in total. The minimum absolute atomic E-state index is 0.206. The summed E-state index contributed by atoms with van der Waals surface area (Å²) >= 11 is 0. The van der Waals surface area contributed by atoms with Gasteiger partial charge in [-0.2, -0.15) is 26.3 Å². The van der Waals surface area contributed by atoms with Crippen LogP contribution >= 0.6 is 0 Å². The highest BCUT2D eigenvalue weighted by molar-refractivity contribution is 5.89. The van der Waals surface area contributed by atoms with Gasteiger partial charge >= 0.3 is 12.4 Å². The summed E-state index contributed by atoms with van der Waals surface area (Å²) in [6.45, 7) is 0.607. The number of carbonyl (C=O) groups is 1. The molecule has 1 N–H and O–H groups in total. The second-order valence-corrected chi connectivity index (χ2v) is 7.32. The van der Waals surface area contributed by atoms with Gasteiger partial charge in [0.2, 0.25) is 5.91 Å². The third kappa shape index (κ3) is 5.79. The highest BCUT2D eigenvalue weighted by Crippen LogP contribution is 2.33. The Kier molecular flexibility index (Phi) is 6.78. The molecule has 1 unspecified atom stereocenters. The molecule has 1 aliphatic heterocycles. The number of hydrogen-bond donors (Lipinski definition) is 1. The summed E-state index contributed by atoms with van der Waals surface area (Å²) in [5.74, 6) is -0.350. The maximum absolute atomic E-state index is 12.9. The molecule has 2 aromatic carbocycles. The number of rotatable bonds is 4. The largest absolute Gasteiger partial charge is 0.416 e. The number of carbonyl (C=O) groups excluding carboxylic acids is 1. The number of halogens is 6. The standard InChI is InChI=1S/C23H19F6NO2/c24-22(25,26)17-8-4-15(5-9-17)20(16-6-10-18(11-7-16)23(27,28)29)2-1-3-21(32)30-13-12-19(31)14-30/h1-11,19,31H,12-14H2/b3-1+. The average Bonchev–Trinajstić information content (AvgIpc) is 3.16. The van der Waals surface area contributed by atoms with Crippen molar-refractivity contribution in [3.8, 4) is 0 Å². The quantitative estimate of drug-likeness (QED) is 0.386. The highest BCUT2D eigenvalue weighted by Gasteiger charge is 2.31. The van der Waals surface area contributed by atoms with Crippen molar-refractivity contribution >= 4 is 11.5 Å². The van der Waals surface area contributed by atoms with E-state index in [9.17, 15) is 36.2 Å². The van der Waals surface area contributed by atoms with Gasteiger partial charge in [0.25, 0.3) is 0 Å². The van der Waals surface area contributed by atoms with Crippen molar-refractivity contribution in [2.45, 2.75) is 24.9 Å². The highest BCUT2D eigenvalue weighted by atomic mass is 19.4. The summed E-state index contributed by atoms with van der Waals surface area (Å²) in [4.78, 5) is 13.7. The Labute approximate surface area is 180 Å². The van der Waals surface area contributed by atoms with Crippen molar-refractivity contribution in [3.05, 3.63) is 89.0 Å². The molecule has 0 saturated carbocycles. The Morgan fingerprint density at radius 3 is 1.72 bits per heavy atom. The Bertz CT molecular complexity index is 945. The summed E-state index contributed by atoms with van der Waals surface area (Å²) in [6.07, 6.45) is -5.08. The van der Waals surface area contributed by atoms with Crippen molar-refractivity contribution in [2.24, 2.45) is 0 Å². The molecule has 1 amide bonds. The molecule has 1 atom stereocenters. The number of allylic oxidation sites excluding steroid dienone is 2. The number of β-amino-alcohol motifs (C(OH)–C–C–N with tert-alkyl or cyclic N) is 1. The lowest BCUT2D eigenvalue weighted by molar-refractivity contribution is -0.138. The first-order valence-electron chi connectivity index (χ1n) is 9.66. The van der Waals surface area contributed by atoms with Crippen LogP contribution in [0.2, 0.25) is 0 Å². The lowest BCUT2D eigenvalue weighted by Gasteiger charge is -2.13. The van der Waals surface area contributed by atoms with Gasteiger partial charge in [-0.05, 0) is 47.4 Å². The van der Waals surface area contributed by atoms with Crippen LogP contribution in [0.1, 0.15) is 28.7 Å². The summed E-state index contributed by atoms with van der Waals surface area (Å²) in [5.41, 5.74) is -0.687. The normalized spacial score (nSPS) is 17.1. The average molecular weight is 455 g/mol. The van der Waals surface area contributed by atoms with Crippen molar-refractivity contribution in [1.82, 2.24) is 4.90 Å². The van der Waals surface area contributed by atoms with Crippen molar-refractivity contribution in [2.75, 3.05) is 13.1 Å². The lowest BCUT2D eigenvalue weighted by Crippen LogP contribution is -2.27. The van der Waals surface area contributed by atoms with E-state index in [0.29, 0.717) is 29.7 Å². The van der Waals surface area contributed by atoms with Gasteiger partial charge < -0.3 is 10.0 Å². The number of aliphatic hydroxyl groups excluding tert-OH is 1. The topological polar surface area (TPSA) is 40.5 Å². The smallest absolute Gasteiger partial charge is 0.391 e. The van der Waals surface area contributed by atoms with E-state index in [1.807, 2.05) is 0 Å². The fourth-order valence-electron chi connectivity index (χ4n) is 3.31. The minimum Gasteiger partial charge on any atom is -0.391 e. The first kappa shape index (κ1) is 23.6. The van der Waals surface area contributed by atoms with Crippen LogP contribution in [0.15, 0.2) is 66.8 Å². The van der Waals surface area contributed by atoms with Gasteiger partial charge in [0.15, 0.2) is 0 Å². The van der Waals surface area contributed by atoms with Gasteiger partial charge in [0, 0.05) is 19.2 Å². The molecule has 1 aliphatic rings. The molecule has 0 spiro atoms. The van der Waals surface area contributed by atoms with E-state index in [-0.39, 0.29) is 12.5 Å². The molecular formula is C23H19F6NO2. The summed E-state index contributed by atoms with van der Waals surface area (Å²) in [6, 6.07) is 8.41.